The van der Waals surface area contributed by atoms with Gasteiger partial charge in [0.2, 0.25) is 0 Å². The van der Waals surface area contributed by atoms with Crippen LogP contribution in [0, 0.1) is 3.57 Å². The average Bonchev–Trinajstić information content (AvgIpc) is 2.62. The van der Waals surface area contributed by atoms with Gasteiger partial charge in [0.15, 0.2) is 0 Å². The van der Waals surface area contributed by atoms with Crippen LogP contribution in [0.4, 0.5) is 0 Å². The first-order valence-electron chi connectivity index (χ1n) is 8.00. The predicted molar refractivity (Wildman–Crippen MR) is 116 cm³/mol. The summed E-state index contributed by atoms with van der Waals surface area (Å²) in [5.41, 5.74) is 6.23. The number of hydrogen-bond acceptors (Lipinski definition) is 0. The van der Waals surface area contributed by atoms with Gasteiger partial charge < -0.3 is 0 Å². The van der Waals surface area contributed by atoms with Crippen LogP contribution in [0.1, 0.15) is 0 Å². The fraction of sp³-hybridized carbons (Fsp3) is 0. The van der Waals surface area contributed by atoms with Gasteiger partial charge in [-0.05, 0) is 44.8 Å². The van der Waals surface area contributed by atoms with E-state index >= 15 is 0 Å². The summed E-state index contributed by atoms with van der Waals surface area (Å²) in [6.45, 7) is 0. The van der Waals surface area contributed by atoms with E-state index in [1.165, 1.54) is 31.3 Å². The van der Waals surface area contributed by atoms with Crippen LogP contribution in [-0.4, -0.2) is 7.85 Å². The number of hydrogen-bond donors (Lipinski definition) is 0. The lowest BCUT2D eigenvalue weighted by Crippen LogP contribution is -1.99. The van der Waals surface area contributed by atoms with Gasteiger partial charge in [0.05, 0.1) is 0 Å². The van der Waals surface area contributed by atoms with Gasteiger partial charge >= 0.3 is 0 Å². The van der Waals surface area contributed by atoms with Crippen LogP contribution in [0.25, 0.3) is 22.3 Å². The lowest BCUT2D eigenvalue weighted by Gasteiger charge is -2.09. The quantitative estimate of drug-likeness (QED) is 0.404. The van der Waals surface area contributed by atoms with E-state index < -0.39 is 0 Å². The van der Waals surface area contributed by atoms with Crippen molar-refractivity contribution in [1.29, 1.82) is 0 Å². The second-order valence-corrected chi connectivity index (χ2v) is 6.75. The summed E-state index contributed by atoms with van der Waals surface area (Å²) < 4.78 is 1.25. The molecule has 3 rings (SSSR count). The maximum atomic E-state index is 2.47. The van der Waals surface area contributed by atoms with Crippen LogP contribution >= 0.6 is 22.6 Å². The van der Waals surface area contributed by atoms with Crippen LogP contribution < -0.4 is 5.46 Å². The molecule has 0 nitrogen and oxygen atoms in total. The molecule has 3 aromatic rings. The standard InChI is InChI=1S/C22H18BI/c23-19-15-13-18(14-16-19)21-12-8-3-1-2-7-11-20(22(21)24)17-9-5-4-6-10-17/h1-16H,23H2. The third kappa shape index (κ3) is 4.06. The van der Waals surface area contributed by atoms with Gasteiger partial charge in [-0.25, -0.2) is 0 Å². The summed E-state index contributed by atoms with van der Waals surface area (Å²) in [4.78, 5) is 0. The lowest BCUT2D eigenvalue weighted by molar-refractivity contribution is 1.58. The summed E-state index contributed by atoms with van der Waals surface area (Å²) in [6.07, 6.45) is 0. The molecule has 0 aliphatic rings. The van der Waals surface area contributed by atoms with E-state index in [9.17, 15) is 0 Å². The summed E-state index contributed by atoms with van der Waals surface area (Å²) >= 11 is 2.47. The van der Waals surface area contributed by atoms with Crippen molar-refractivity contribution in [2.24, 2.45) is 0 Å². The maximum Gasteiger partial charge on any atom is 0.139 e. The zero-order valence-electron chi connectivity index (χ0n) is 13.6. The van der Waals surface area contributed by atoms with Crippen molar-refractivity contribution >= 4 is 35.9 Å². The first-order valence-corrected chi connectivity index (χ1v) is 9.08. The van der Waals surface area contributed by atoms with Gasteiger partial charge in [-0.3, -0.25) is 0 Å². The zero-order chi connectivity index (χ0) is 16.8. The Bertz CT molecular complexity index is 870. The fourth-order valence-electron chi connectivity index (χ4n) is 2.58. The van der Waals surface area contributed by atoms with Crippen LogP contribution in [0.3, 0.4) is 0 Å². The van der Waals surface area contributed by atoms with E-state index in [1.807, 2.05) is 0 Å². The summed E-state index contributed by atoms with van der Waals surface area (Å²) in [5.74, 6) is 0. The van der Waals surface area contributed by atoms with Crippen molar-refractivity contribution in [3.05, 3.63) is 101 Å². The summed E-state index contributed by atoms with van der Waals surface area (Å²) in [7, 11) is 2.12. The third-order valence-electron chi connectivity index (χ3n) is 3.89. The highest BCUT2D eigenvalue weighted by Crippen LogP contribution is 2.31. The first-order chi connectivity index (χ1) is 11.8. The molecule has 116 valence electrons. The third-order valence-corrected chi connectivity index (χ3v) is 5.05. The minimum absolute atomic E-state index is 1.23. The Hall–Kier alpha value is -2.07. The number of halogens is 1. The van der Waals surface area contributed by atoms with Crippen molar-refractivity contribution in [2.45, 2.75) is 0 Å². The molecule has 0 radical (unpaired) electrons. The molecular weight excluding hydrogens is 402 g/mol. The molecule has 0 amide bonds. The second kappa shape index (κ2) is 8.16. The smallest absolute Gasteiger partial charge is 0.0889 e. The number of benzene rings is 2. The Labute approximate surface area is 158 Å². The van der Waals surface area contributed by atoms with E-state index in [-0.39, 0.29) is 0 Å². The van der Waals surface area contributed by atoms with Crippen LogP contribution in [0.15, 0.2) is 97.1 Å². The molecule has 24 heavy (non-hydrogen) atoms. The Kier molecular flexibility index (Phi) is 5.70. The number of rotatable bonds is 2. The topological polar surface area (TPSA) is 0 Å². The molecular formula is C22H18BI. The van der Waals surface area contributed by atoms with Gasteiger partial charge in [-0.1, -0.05) is 103 Å². The molecule has 0 aromatic heterocycles. The van der Waals surface area contributed by atoms with Gasteiger partial charge in [0, 0.05) is 3.57 Å². The second-order valence-electron chi connectivity index (χ2n) is 5.67. The molecule has 0 unspecified atom stereocenters. The average molecular weight is 420 g/mol. The van der Waals surface area contributed by atoms with E-state index in [0.29, 0.717) is 0 Å². The predicted octanol–water partition coefficient (Wildman–Crippen LogP) is 5.01. The minimum atomic E-state index is 1.23. The Morgan fingerprint density at radius 3 is 1.50 bits per heavy atom. The largest absolute Gasteiger partial charge is 0.139 e. The van der Waals surface area contributed by atoms with Gasteiger partial charge in [0.1, 0.15) is 7.85 Å². The van der Waals surface area contributed by atoms with Crippen molar-refractivity contribution in [2.75, 3.05) is 0 Å². The molecule has 0 spiro atoms. The Morgan fingerprint density at radius 2 is 0.917 bits per heavy atom. The fourth-order valence-corrected chi connectivity index (χ4v) is 3.57. The molecule has 3 aromatic carbocycles. The van der Waals surface area contributed by atoms with Gasteiger partial charge in [-0.2, -0.15) is 0 Å². The molecule has 0 atom stereocenters. The highest BCUT2D eigenvalue weighted by atomic mass is 127. The first kappa shape index (κ1) is 16.8. The lowest BCUT2D eigenvalue weighted by atomic mass is 9.93. The SMILES string of the molecule is Bc1ccc(-c2cccccccc(-c3ccccc3)c2I)cc1. The van der Waals surface area contributed by atoms with E-state index in [1.54, 1.807) is 0 Å². The molecule has 0 bridgehead atoms. The zero-order valence-corrected chi connectivity index (χ0v) is 15.8. The van der Waals surface area contributed by atoms with Crippen molar-refractivity contribution < 1.29 is 0 Å². The Morgan fingerprint density at radius 1 is 0.500 bits per heavy atom. The van der Waals surface area contributed by atoms with E-state index in [4.69, 9.17) is 0 Å². The van der Waals surface area contributed by atoms with Gasteiger partial charge in [-0.15, -0.1) is 0 Å². The van der Waals surface area contributed by atoms with E-state index in [2.05, 4.69) is 127 Å². The minimum Gasteiger partial charge on any atom is -0.0889 e. The van der Waals surface area contributed by atoms with Crippen molar-refractivity contribution in [3.63, 3.8) is 0 Å². The highest BCUT2D eigenvalue weighted by Gasteiger charge is 2.06. The molecule has 0 heterocycles. The Balaban J connectivity index is 2.30. The molecule has 0 saturated heterocycles. The maximum absolute atomic E-state index is 2.47. The molecule has 0 aliphatic carbocycles. The molecule has 0 aliphatic heterocycles. The van der Waals surface area contributed by atoms with Crippen LogP contribution in [0.5, 0.6) is 0 Å². The molecule has 2 heteroatoms. The van der Waals surface area contributed by atoms with Crippen molar-refractivity contribution in [1.82, 2.24) is 0 Å². The van der Waals surface area contributed by atoms with Crippen LogP contribution in [0.2, 0.25) is 0 Å². The van der Waals surface area contributed by atoms with Gasteiger partial charge in [0.25, 0.3) is 0 Å². The van der Waals surface area contributed by atoms with Crippen LogP contribution in [-0.2, 0) is 0 Å². The summed E-state index contributed by atoms with van der Waals surface area (Å²) in [6, 6.07) is 34.1. The van der Waals surface area contributed by atoms with Crippen molar-refractivity contribution in [3.8, 4) is 22.3 Å². The molecule has 0 saturated carbocycles. The molecule has 0 N–H and O–H groups in total. The summed E-state index contributed by atoms with van der Waals surface area (Å²) in [5, 5.41) is 0. The van der Waals surface area contributed by atoms with E-state index in [0.717, 1.165) is 0 Å². The molecule has 0 fully saturated rings. The highest BCUT2D eigenvalue weighted by molar-refractivity contribution is 14.1. The normalized spacial score (nSPS) is 10.0. The monoisotopic (exact) mass is 420 g/mol.